The summed E-state index contributed by atoms with van der Waals surface area (Å²) in [5.74, 6) is -0.272. The highest BCUT2D eigenvalue weighted by molar-refractivity contribution is 7.85. The Morgan fingerprint density at radius 3 is 2.52 bits per heavy atom. The van der Waals surface area contributed by atoms with Gasteiger partial charge in [-0.05, 0) is 26.3 Å². The molecular formula is C17H24FNO5S. The maximum Gasteiger partial charge on any atom is 0.410 e. The Kier molecular flexibility index (Phi) is 6.05. The zero-order chi connectivity index (χ0) is 18.7. The van der Waals surface area contributed by atoms with Gasteiger partial charge in [0.1, 0.15) is 17.5 Å². The average Bonchev–Trinajstić information content (AvgIpc) is 2.85. The van der Waals surface area contributed by atoms with E-state index < -0.39 is 34.0 Å². The smallest absolute Gasteiger partial charge is 0.410 e. The molecule has 0 radical (unpaired) electrons. The van der Waals surface area contributed by atoms with Crippen molar-refractivity contribution < 1.29 is 26.5 Å². The van der Waals surface area contributed by atoms with Crippen molar-refractivity contribution in [3.05, 3.63) is 35.9 Å². The summed E-state index contributed by atoms with van der Waals surface area (Å²) in [6, 6.07) is 7.95. The Hall–Kier alpha value is -1.67. The highest BCUT2D eigenvalue weighted by Gasteiger charge is 2.38. The molecule has 8 heteroatoms. The summed E-state index contributed by atoms with van der Waals surface area (Å²) in [6.45, 7) is 4.73. The van der Waals surface area contributed by atoms with Gasteiger partial charge in [-0.15, -0.1) is 0 Å². The van der Waals surface area contributed by atoms with Crippen LogP contribution in [0.25, 0.3) is 0 Å². The molecule has 1 heterocycles. The number of nitrogens with zero attached hydrogens (tertiary/aromatic N) is 1. The summed E-state index contributed by atoms with van der Waals surface area (Å²) in [6.07, 6.45) is -1.86. The number of benzene rings is 1. The van der Waals surface area contributed by atoms with E-state index in [-0.39, 0.29) is 25.3 Å². The van der Waals surface area contributed by atoms with Crippen LogP contribution >= 0.6 is 0 Å². The maximum absolute atomic E-state index is 13.7. The molecule has 25 heavy (non-hydrogen) atoms. The van der Waals surface area contributed by atoms with E-state index in [0.717, 1.165) is 0 Å². The van der Waals surface area contributed by atoms with E-state index in [4.69, 9.17) is 8.92 Å². The molecule has 6 nitrogen and oxygen atoms in total. The summed E-state index contributed by atoms with van der Waals surface area (Å²) < 4.78 is 48.2. The summed E-state index contributed by atoms with van der Waals surface area (Å²) >= 11 is 0. The molecule has 1 aromatic carbocycles. The molecule has 1 saturated heterocycles. The van der Waals surface area contributed by atoms with Crippen LogP contribution < -0.4 is 0 Å². The van der Waals surface area contributed by atoms with E-state index in [1.54, 1.807) is 51.1 Å². The topological polar surface area (TPSA) is 72.9 Å². The average molecular weight is 373 g/mol. The van der Waals surface area contributed by atoms with E-state index in [0.29, 0.717) is 5.56 Å². The van der Waals surface area contributed by atoms with Crippen LogP contribution in [-0.4, -0.2) is 50.4 Å². The Balaban J connectivity index is 1.96. The third-order valence-corrected chi connectivity index (χ3v) is 4.80. The van der Waals surface area contributed by atoms with Crippen molar-refractivity contribution in [3.8, 4) is 0 Å². The predicted octanol–water partition coefficient (Wildman–Crippen LogP) is 2.88. The van der Waals surface area contributed by atoms with Crippen LogP contribution in [0.1, 0.15) is 32.8 Å². The highest BCUT2D eigenvalue weighted by atomic mass is 32.2. The van der Waals surface area contributed by atoms with E-state index in [9.17, 15) is 17.6 Å². The minimum atomic E-state index is -3.83. The third kappa shape index (κ3) is 6.28. The Bertz CT molecular complexity index is 687. The largest absolute Gasteiger partial charge is 0.444 e. The van der Waals surface area contributed by atoms with Crippen molar-refractivity contribution in [3.63, 3.8) is 0 Å². The van der Waals surface area contributed by atoms with Crippen LogP contribution in [-0.2, 0) is 24.8 Å². The molecule has 1 amide bonds. The number of rotatable bonds is 5. The molecule has 2 atom stereocenters. The predicted molar refractivity (Wildman–Crippen MR) is 91.3 cm³/mol. The molecule has 1 aromatic rings. The Morgan fingerprint density at radius 2 is 1.92 bits per heavy atom. The molecule has 0 bridgehead atoms. The van der Waals surface area contributed by atoms with Crippen LogP contribution in [0.5, 0.6) is 0 Å². The van der Waals surface area contributed by atoms with Gasteiger partial charge in [0.15, 0.2) is 0 Å². The van der Waals surface area contributed by atoms with E-state index in [1.807, 2.05) is 0 Å². The number of carbonyl (C=O) groups excluding carboxylic acids is 1. The lowest BCUT2D eigenvalue weighted by Crippen LogP contribution is -2.42. The molecule has 0 saturated carbocycles. The summed E-state index contributed by atoms with van der Waals surface area (Å²) in [5, 5.41) is 0. The molecule has 0 spiro atoms. The first kappa shape index (κ1) is 19.7. The number of ether oxygens (including phenoxy) is 1. The molecule has 1 fully saturated rings. The van der Waals surface area contributed by atoms with Crippen molar-refractivity contribution in [2.45, 2.75) is 50.8 Å². The van der Waals surface area contributed by atoms with Gasteiger partial charge in [0.25, 0.3) is 10.1 Å². The first-order valence-corrected chi connectivity index (χ1v) is 9.68. The van der Waals surface area contributed by atoms with Gasteiger partial charge in [-0.2, -0.15) is 8.42 Å². The number of amides is 1. The SMILES string of the molecule is CC(C)(C)OC(=O)N1C[C@H](F)C[C@H]1COS(=O)(=O)Cc1ccccc1. The van der Waals surface area contributed by atoms with Crippen LogP contribution in [0.15, 0.2) is 30.3 Å². The second kappa shape index (κ2) is 7.70. The second-order valence-electron chi connectivity index (χ2n) is 7.09. The quantitative estimate of drug-likeness (QED) is 0.742. The minimum Gasteiger partial charge on any atom is -0.444 e. The van der Waals surface area contributed by atoms with E-state index >= 15 is 0 Å². The van der Waals surface area contributed by atoms with Crippen molar-refractivity contribution in [2.24, 2.45) is 0 Å². The molecule has 140 valence electrons. The van der Waals surface area contributed by atoms with Crippen molar-refractivity contribution in [1.82, 2.24) is 4.90 Å². The molecular weight excluding hydrogens is 349 g/mol. The minimum absolute atomic E-state index is 0.0279. The molecule has 1 aliphatic rings. The number of likely N-dealkylation sites (tertiary alicyclic amines) is 1. The highest BCUT2D eigenvalue weighted by Crippen LogP contribution is 2.24. The summed E-state index contributed by atoms with van der Waals surface area (Å²) in [7, 11) is -3.83. The van der Waals surface area contributed by atoms with Crippen LogP contribution in [0, 0.1) is 0 Å². The lowest BCUT2D eigenvalue weighted by atomic mass is 10.2. The van der Waals surface area contributed by atoms with Gasteiger partial charge in [-0.25, -0.2) is 9.18 Å². The third-order valence-electron chi connectivity index (χ3n) is 3.62. The van der Waals surface area contributed by atoms with Gasteiger partial charge >= 0.3 is 6.09 Å². The Labute approximate surface area is 148 Å². The number of halogens is 1. The number of carbonyl (C=O) groups is 1. The van der Waals surface area contributed by atoms with Gasteiger partial charge in [-0.3, -0.25) is 9.08 Å². The summed E-state index contributed by atoms with van der Waals surface area (Å²) in [5.41, 5.74) is -0.114. The zero-order valence-corrected chi connectivity index (χ0v) is 15.5. The lowest BCUT2D eigenvalue weighted by Gasteiger charge is -2.28. The van der Waals surface area contributed by atoms with Crippen molar-refractivity contribution >= 4 is 16.2 Å². The van der Waals surface area contributed by atoms with Gasteiger partial charge in [-0.1, -0.05) is 30.3 Å². The monoisotopic (exact) mass is 373 g/mol. The van der Waals surface area contributed by atoms with Crippen LogP contribution in [0.2, 0.25) is 0 Å². The van der Waals surface area contributed by atoms with Gasteiger partial charge in [0, 0.05) is 6.42 Å². The number of alkyl halides is 1. The van der Waals surface area contributed by atoms with Gasteiger partial charge in [0.2, 0.25) is 0 Å². The normalized spacial score (nSPS) is 21.4. The molecule has 1 aliphatic heterocycles. The van der Waals surface area contributed by atoms with Gasteiger partial charge in [0.05, 0.1) is 19.2 Å². The first-order valence-electron chi connectivity index (χ1n) is 8.10. The zero-order valence-electron chi connectivity index (χ0n) is 14.6. The molecule has 0 aromatic heterocycles. The van der Waals surface area contributed by atoms with Crippen LogP contribution in [0.4, 0.5) is 9.18 Å². The second-order valence-corrected chi connectivity index (χ2v) is 8.73. The fraction of sp³-hybridized carbons (Fsp3) is 0.588. The number of hydrogen-bond donors (Lipinski definition) is 0. The fourth-order valence-corrected chi connectivity index (χ4v) is 3.61. The van der Waals surface area contributed by atoms with E-state index in [2.05, 4.69) is 0 Å². The molecule has 0 N–H and O–H groups in total. The summed E-state index contributed by atoms with van der Waals surface area (Å²) in [4.78, 5) is 13.4. The number of hydrogen-bond acceptors (Lipinski definition) is 5. The first-order chi connectivity index (χ1) is 11.6. The molecule has 0 aliphatic carbocycles. The lowest BCUT2D eigenvalue weighted by molar-refractivity contribution is 0.0182. The molecule has 0 unspecified atom stereocenters. The fourth-order valence-electron chi connectivity index (χ4n) is 2.56. The van der Waals surface area contributed by atoms with Crippen molar-refractivity contribution in [1.29, 1.82) is 0 Å². The van der Waals surface area contributed by atoms with Crippen LogP contribution in [0.3, 0.4) is 0 Å². The maximum atomic E-state index is 13.7. The standard InChI is InChI=1S/C17H24FNO5S/c1-17(2,3)24-16(20)19-10-14(18)9-15(19)11-23-25(21,22)12-13-7-5-4-6-8-13/h4-8,14-15H,9-12H2,1-3H3/t14-,15+/m1/s1. The van der Waals surface area contributed by atoms with E-state index in [1.165, 1.54) is 4.90 Å². The van der Waals surface area contributed by atoms with Gasteiger partial charge < -0.3 is 4.74 Å². The Morgan fingerprint density at radius 1 is 1.28 bits per heavy atom. The molecule has 2 rings (SSSR count). The van der Waals surface area contributed by atoms with Crippen molar-refractivity contribution in [2.75, 3.05) is 13.2 Å².